The van der Waals surface area contributed by atoms with Gasteiger partial charge in [-0.3, -0.25) is 9.80 Å². The number of halogens is 1. The van der Waals surface area contributed by atoms with E-state index in [2.05, 4.69) is 40.1 Å². The summed E-state index contributed by atoms with van der Waals surface area (Å²) in [5.74, 6) is 1.80. The van der Waals surface area contributed by atoms with Crippen LogP contribution in [0.3, 0.4) is 0 Å². The van der Waals surface area contributed by atoms with Gasteiger partial charge in [0, 0.05) is 44.2 Å². The van der Waals surface area contributed by atoms with Gasteiger partial charge in [-0.1, -0.05) is 41.9 Å². The summed E-state index contributed by atoms with van der Waals surface area (Å²) >= 11 is 6.34. The lowest BCUT2D eigenvalue weighted by Gasteiger charge is -2.41. The molecule has 2 heterocycles. The molecule has 1 aromatic rings. The largest absolute Gasteiger partial charge is 0.489 e. The van der Waals surface area contributed by atoms with Crippen molar-refractivity contribution in [2.24, 2.45) is 0 Å². The van der Waals surface area contributed by atoms with E-state index in [9.17, 15) is 0 Å². The van der Waals surface area contributed by atoms with Crippen molar-refractivity contribution >= 4 is 11.6 Å². The van der Waals surface area contributed by atoms with E-state index in [4.69, 9.17) is 21.1 Å². The quantitative estimate of drug-likeness (QED) is 0.840. The average Bonchev–Trinajstić information content (AvgIpc) is 2.62. The predicted octanol–water partition coefficient (Wildman–Crippen LogP) is 2.96. The Labute approximate surface area is 148 Å². The molecule has 0 radical (unpaired) electrons. The first-order chi connectivity index (χ1) is 11.8. The van der Waals surface area contributed by atoms with Crippen molar-refractivity contribution in [2.45, 2.75) is 19.0 Å². The highest BCUT2D eigenvalue weighted by Gasteiger charge is 2.34. The van der Waals surface area contributed by atoms with E-state index in [0.717, 1.165) is 55.7 Å². The van der Waals surface area contributed by atoms with Gasteiger partial charge in [0.05, 0.1) is 6.04 Å². The Bertz CT molecular complexity index is 636. The Morgan fingerprint density at radius 1 is 1.00 bits per heavy atom. The van der Waals surface area contributed by atoms with Crippen LogP contribution in [-0.2, 0) is 16.0 Å². The molecule has 0 saturated carbocycles. The minimum Gasteiger partial charge on any atom is -0.489 e. The van der Waals surface area contributed by atoms with Crippen LogP contribution >= 0.6 is 11.6 Å². The van der Waals surface area contributed by atoms with Crippen LogP contribution in [0, 0.1) is 0 Å². The van der Waals surface area contributed by atoms with Crippen molar-refractivity contribution in [1.82, 2.24) is 9.80 Å². The second-order valence-electron chi connectivity index (χ2n) is 6.53. The molecule has 4 rings (SSSR count). The molecule has 2 aliphatic heterocycles. The minimum absolute atomic E-state index is 0.219. The second kappa shape index (κ2) is 7.18. The summed E-state index contributed by atoms with van der Waals surface area (Å²) < 4.78 is 11.6. The topological polar surface area (TPSA) is 24.9 Å². The zero-order valence-electron chi connectivity index (χ0n) is 13.8. The molecular weight excluding hydrogens is 324 g/mol. The van der Waals surface area contributed by atoms with E-state index in [1.165, 1.54) is 5.56 Å². The Morgan fingerprint density at radius 3 is 2.54 bits per heavy atom. The molecular formula is C19H23ClN2O2. The zero-order valence-corrected chi connectivity index (χ0v) is 14.5. The van der Waals surface area contributed by atoms with E-state index in [1.807, 2.05) is 6.08 Å². The van der Waals surface area contributed by atoms with Crippen molar-refractivity contribution < 1.29 is 9.47 Å². The van der Waals surface area contributed by atoms with Crippen LogP contribution < -0.4 is 0 Å². The Hall–Kier alpha value is -1.49. The van der Waals surface area contributed by atoms with Crippen molar-refractivity contribution in [2.75, 3.05) is 39.4 Å². The third kappa shape index (κ3) is 3.46. The lowest BCUT2D eigenvalue weighted by atomic mass is 10.0. The zero-order chi connectivity index (χ0) is 16.4. The Kier molecular flexibility index (Phi) is 4.79. The van der Waals surface area contributed by atoms with E-state index >= 15 is 0 Å². The minimum atomic E-state index is 0.219. The fourth-order valence-corrected chi connectivity index (χ4v) is 3.91. The number of nitrogens with zero attached hydrogens (tertiary/aromatic N) is 2. The molecule has 1 fully saturated rings. The maximum atomic E-state index is 6.34. The molecule has 1 aromatic carbocycles. The fourth-order valence-electron chi connectivity index (χ4n) is 3.67. The standard InChI is InChI=1S/C19H23ClN2O2/c20-16-12-17(19-18(13-16)23-10-11-24-19)22-8-6-21(7-9-22)14-15-4-2-1-3-5-15/h1-5,13,17H,6-12,14H2. The first-order valence-electron chi connectivity index (χ1n) is 8.66. The SMILES string of the molecule is ClC1=CC2=C(OCCO2)C(N2CCN(Cc3ccccc3)CC2)C1. The lowest BCUT2D eigenvalue weighted by Crippen LogP contribution is -2.51. The molecule has 0 spiro atoms. The number of hydrogen-bond acceptors (Lipinski definition) is 4. The van der Waals surface area contributed by atoms with Gasteiger partial charge in [0.2, 0.25) is 0 Å². The van der Waals surface area contributed by atoms with Gasteiger partial charge in [-0.05, 0) is 11.6 Å². The molecule has 128 valence electrons. The normalized spacial score (nSPS) is 25.5. The van der Waals surface area contributed by atoms with Crippen LogP contribution in [0.2, 0.25) is 0 Å². The molecule has 3 aliphatic rings. The van der Waals surface area contributed by atoms with Crippen molar-refractivity contribution in [3.63, 3.8) is 0 Å². The fraction of sp³-hybridized carbons (Fsp3) is 0.474. The molecule has 24 heavy (non-hydrogen) atoms. The Balaban J connectivity index is 1.39. The molecule has 5 heteroatoms. The van der Waals surface area contributed by atoms with E-state index < -0.39 is 0 Å². The summed E-state index contributed by atoms with van der Waals surface area (Å²) in [4.78, 5) is 5.00. The molecule has 0 N–H and O–H groups in total. The molecule has 1 atom stereocenters. The van der Waals surface area contributed by atoms with Crippen LogP contribution in [-0.4, -0.2) is 55.2 Å². The number of rotatable bonds is 3. The maximum absolute atomic E-state index is 6.34. The van der Waals surface area contributed by atoms with Crippen LogP contribution in [0.15, 0.2) is 53.0 Å². The summed E-state index contributed by atoms with van der Waals surface area (Å²) in [6, 6.07) is 10.9. The van der Waals surface area contributed by atoms with Crippen LogP contribution in [0.1, 0.15) is 12.0 Å². The summed E-state index contributed by atoms with van der Waals surface area (Å²) in [5.41, 5.74) is 1.38. The van der Waals surface area contributed by atoms with Gasteiger partial charge in [0.1, 0.15) is 13.2 Å². The summed E-state index contributed by atoms with van der Waals surface area (Å²) in [5, 5.41) is 0.857. The molecule has 0 amide bonds. The first kappa shape index (κ1) is 16.0. The molecule has 1 saturated heterocycles. The second-order valence-corrected chi connectivity index (χ2v) is 7.02. The van der Waals surface area contributed by atoms with Gasteiger partial charge in [-0.15, -0.1) is 0 Å². The van der Waals surface area contributed by atoms with Crippen molar-refractivity contribution in [3.05, 3.63) is 58.5 Å². The highest BCUT2D eigenvalue weighted by molar-refractivity contribution is 6.29. The van der Waals surface area contributed by atoms with Gasteiger partial charge in [0.25, 0.3) is 0 Å². The predicted molar refractivity (Wildman–Crippen MR) is 94.6 cm³/mol. The van der Waals surface area contributed by atoms with E-state index in [1.54, 1.807) is 0 Å². The van der Waals surface area contributed by atoms with Crippen LogP contribution in [0.4, 0.5) is 0 Å². The summed E-state index contributed by atoms with van der Waals surface area (Å²) in [6.45, 7) is 6.45. The summed E-state index contributed by atoms with van der Waals surface area (Å²) in [6.07, 6.45) is 2.74. The van der Waals surface area contributed by atoms with Crippen molar-refractivity contribution in [1.29, 1.82) is 0 Å². The molecule has 1 unspecified atom stereocenters. The van der Waals surface area contributed by atoms with Gasteiger partial charge < -0.3 is 9.47 Å². The first-order valence-corrected chi connectivity index (χ1v) is 9.03. The molecule has 4 nitrogen and oxygen atoms in total. The smallest absolute Gasteiger partial charge is 0.159 e. The average molecular weight is 347 g/mol. The van der Waals surface area contributed by atoms with Gasteiger partial charge in [-0.25, -0.2) is 0 Å². The number of piperazine rings is 1. The third-order valence-electron chi connectivity index (χ3n) is 4.92. The number of allylic oxidation sites excluding steroid dienone is 1. The monoisotopic (exact) mass is 346 g/mol. The van der Waals surface area contributed by atoms with E-state index in [0.29, 0.717) is 13.2 Å². The van der Waals surface area contributed by atoms with Crippen molar-refractivity contribution in [3.8, 4) is 0 Å². The van der Waals surface area contributed by atoms with Gasteiger partial charge in [-0.2, -0.15) is 0 Å². The highest BCUT2D eigenvalue weighted by atomic mass is 35.5. The Morgan fingerprint density at radius 2 is 1.75 bits per heavy atom. The van der Waals surface area contributed by atoms with Crippen LogP contribution in [0.5, 0.6) is 0 Å². The highest BCUT2D eigenvalue weighted by Crippen LogP contribution is 2.33. The third-order valence-corrected chi connectivity index (χ3v) is 5.18. The summed E-state index contributed by atoms with van der Waals surface area (Å²) in [7, 11) is 0. The van der Waals surface area contributed by atoms with Gasteiger partial charge in [0.15, 0.2) is 11.5 Å². The molecule has 1 aliphatic carbocycles. The molecule has 0 bridgehead atoms. The van der Waals surface area contributed by atoms with Crippen LogP contribution in [0.25, 0.3) is 0 Å². The number of benzene rings is 1. The molecule has 0 aromatic heterocycles. The van der Waals surface area contributed by atoms with Gasteiger partial charge >= 0.3 is 0 Å². The maximum Gasteiger partial charge on any atom is 0.159 e. The van der Waals surface area contributed by atoms with E-state index in [-0.39, 0.29) is 6.04 Å². The number of ether oxygens (including phenoxy) is 2. The lowest BCUT2D eigenvalue weighted by molar-refractivity contribution is 0.0198. The number of hydrogen-bond donors (Lipinski definition) is 0.